The number of ether oxygens (including phenoxy) is 2. The average Bonchev–Trinajstić information content (AvgIpc) is 3.13. The van der Waals surface area contributed by atoms with Crippen molar-refractivity contribution in [3.8, 4) is 11.5 Å². The van der Waals surface area contributed by atoms with Gasteiger partial charge in [0.1, 0.15) is 23.9 Å². The Kier molecular flexibility index (Phi) is 7.33. The zero-order valence-corrected chi connectivity index (χ0v) is 18.2. The molecule has 2 aromatic carbocycles. The molecule has 0 bridgehead atoms. The lowest BCUT2D eigenvalue weighted by molar-refractivity contribution is -0.125. The maximum Gasteiger partial charge on any atom is 0.223 e. The summed E-state index contributed by atoms with van der Waals surface area (Å²) in [5.74, 6) is 2.47. The minimum Gasteiger partial charge on any atom is -0.497 e. The summed E-state index contributed by atoms with van der Waals surface area (Å²) in [6.45, 7) is 7.18. The molecule has 1 unspecified atom stereocenters. The number of carbonyl (C=O) groups excluding carboxylic acids is 1. The summed E-state index contributed by atoms with van der Waals surface area (Å²) < 4.78 is 13.3. The zero-order valence-electron chi connectivity index (χ0n) is 18.2. The maximum absolute atomic E-state index is 12.6. The van der Waals surface area contributed by atoms with Crippen LogP contribution in [0.25, 0.3) is 11.0 Å². The fraction of sp³-hybridized carbons (Fsp3) is 0.417. The number of nitrogens with zero attached hydrogens (tertiary/aromatic N) is 2. The first kappa shape index (κ1) is 21.7. The first-order valence-corrected chi connectivity index (χ1v) is 10.6. The largest absolute Gasteiger partial charge is 0.497 e. The van der Waals surface area contributed by atoms with Gasteiger partial charge in [-0.05, 0) is 44.0 Å². The highest BCUT2D eigenvalue weighted by atomic mass is 16.5. The van der Waals surface area contributed by atoms with Gasteiger partial charge in [0.05, 0.1) is 30.7 Å². The second-order valence-corrected chi connectivity index (χ2v) is 7.38. The molecule has 0 aliphatic rings. The van der Waals surface area contributed by atoms with Gasteiger partial charge in [-0.15, -0.1) is 0 Å². The highest BCUT2D eigenvalue weighted by molar-refractivity contribution is 5.79. The molecule has 0 saturated heterocycles. The van der Waals surface area contributed by atoms with Crippen LogP contribution in [0.4, 0.5) is 0 Å². The number of methoxy groups -OCH3 is 1. The molecule has 30 heavy (non-hydrogen) atoms. The Morgan fingerprint density at radius 2 is 1.83 bits per heavy atom. The van der Waals surface area contributed by atoms with E-state index in [4.69, 9.17) is 14.5 Å². The number of para-hydroxylation sites is 2. The van der Waals surface area contributed by atoms with E-state index in [-0.39, 0.29) is 17.9 Å². The molecule has 1 N–H and O–H groups in total. The number of nitrogens with one attached hydrogen (secondary N) is 1. The number of carbonyl (C=O) groups is 1. The SMILES string of the molecule is CCC(CC)C(=O)NC(C)c1nc2ccccc2n1CCOc1cccc(OC)c1. The molecule has 1 atom stereocenters. The van der Waals surface area contributed by atoms with Crippen molar-refractivity contribution in [3.63, 3.8) is 0 Å². The summed E-state index contributed by atoms with van der Waals surface area (Å²) in [5.41, 5.74) is 1.95. The molecule has 1 aromatic heterocycles. The van der Waals surface area contributed by atoms with Crippen molar-refractivity contribution in [2.75, 3.05) is 13.7 Å². The summed E-state index contributed by atoms with van der Waals surface area (Å²) in [6.07, 6.45) is 1.67. The topological polar surface area (TPSA) is 65.4 Å². The van der Waals surface area contributed by atoms with Crippen LogP contribution < -0.4 is 14.8 Å². The third kappa shape index (κ3) is 4.93. The fourth-order valence-corrected chi connectivity index (χ4v) is 3.66. The van der Waals surface area contributed by atoms with Gasteiger partial charge in [-0.1, -0.05) is 32.0 Å². The van der Waals surface area contributed by atoms with Gasteiger partial charge in [-0.25, -0.2) is 4.98 Å². The van der Waals surface area contributed by atoms with Crippen molar-refractivity contribution < 1.29 is 14.3 Å². The first-order chi connectivity index (χ1) is 14.6. The average molecular weight is 410 g/mol. The lowest BCUT2D eigenvalue weighted by Gasteiger charge is -2.19. The van der Waals surface area contributed by atoms with Crippen molar-refractivity contribution in [2.24, 2.45) is 5.92 Å². The van der Waals surface area contributed by atoms with Crippen molar-refractivity contribution in [3.05, 3.63) is 54.4 Å². The van der Waals surface area contributed by atoms with Crippen LogP contribution in [0.2, 0.25) is 0 Å². The van der Waals surface area contributed by atoms with Gasteiger partial charge in [-0.3, -0.25) is 4.79 Å². The number of fused-ring (bicyclic) bond motifs is 1. The predicted octanol–water partition coefficient (Wildman–Crippen LogP) is 4.74. The molecule has 1 heterocycles. The molecule has 0 aliphatic carbocycles. The number of hydrogen-bond acceptors (Lipinski definition) is 4. The number of hydrogen-bond donors (Lipinski definition) is 1. The Hall–Kier alpha value is -3.02. The molecular formula is C24H31N3O3. The van der Waals surface area contributed by atoms with E-state index >= 15 is 0 Å². The summed E-state index contributed by atoms with van der Waals surface area (Å²) in [5, 5.41) is 3.14. The fourth-order valence-electron chi connectivity index (χ4n) is 3.66. The zero-order chi connectivity index (χ0) is 21.5. The number of benzene rings is 2. The van der Waals surface area contributed by atoms with Gasteiger partial charge in [-0.2, -0.15) is 0 Å². The van der Waals surface area contributed by atoms with Crippen LogP contribution in [0.5, 0.6) is 11.5 Å². The van der Waals surface area contributed by atoms with E-state index in [2.05, 4.69) is 9.88 Å². The molecule has 0 saturated carbocycles. The van der Waals surface area contributed by atoms with E-state index in [9.17, 15) is 4.79 Å². The van der Waals surface area contributed by atoms with E-state index in [1.165, 1.54) is 0 Å². The third-order valence-electron chi connectivity index (χ3n) is 5.41. The van der Waals surface area contributed by atoms with Gasteiger partial charge >= 0.3 is 0 Å². The first-order valence-electron chi connectivity index (χ1n) is 10.6. The molecule has 6 nitrogen and oxygen atoms in total. The van der Waals surface area contributed by atoms with Gasteiger partial charge < -0.3 is 19.4 Å². The molecule has 0 fully saturated rings. The van der Waals surface area contributed by atoms with Gasteiger partial charge in [0.25, 0.3) is 0 Å². The molecular weight excluding hydrogens is 378 g/mol. The Morgan fingerprint density at radius 3 is 2.57 bits per heavy atom. The molecule has 0 radical (unpaired) electrons. The molecule has 1 amide bonds. The van der Waals surface area contributed by atoms with E-state index in [0.29, 0.717) is 13.2 Å². The van der Waals surface area contributed by atoms with Crippen LogP contribution >= 0.6 is 0 Å². The minimum atomic E-state index is -0.192. The van der Waals surface area contributed by atoms with E-state index in [0.717, 1.165) is 41.2 Å². The highest BCUT2D eigenvalue weighted by Gasteiger charge is 2.21. The smallest absolute Gasteiger partial charge is 0.223 e. The Bertz CT molecular complexity index is 979. The molecule has 3 aromatic rings. The number of aromatic nitrogens is 2. The van der Waals surface area contributed by atoms with Gasteiger partial charge in [0, 0.05) is 12.0 Å². The van der Waals surface area contributed by atoms with E-state index in [1.54, 1.807) is 7.11 Å². The number of rotatable bonds is 10. The standard InChI is InChI=1S/C24H31N3O3/c1-5-18(6-2)24(28)25-17(3)23-26-21-12-7-8-13-22(21)27(23)14-15-30-20-11-9-10-19(16-20)29-4/h7-13,16-18H,5-6,14-15H2,1-4H3,(H,25,28). The maximum atomic E-state index is 12.6. The quantitative estimate of drug-likeness (QED) is 0.525. The molecule has 0 spiro atoms. The summed E-state index contributed by atoms with van der Waals surface area (Å²) in [7, 11) is 1.64. The van der Waals surface area contributed by atoms with Crippen molar-refractivity contribution in [1.82, 2.24) is 14.9 Å². The van der Waals surface area contributed by atoms with E-state index in [1.807, 2.05) is 69.3 Å². The van der Waals surface area contributed by atoms with Gasteiger partial charge in [0.2, 0.25) is 5.91 Å². The Morgan fingerprint density at radius 1 is 1.10 bits per heavy atom. The lowest BCUT2D eigenvalue weighted by Crippen LogP contribution is -2.33. The summed E-state index contributed by atoms with van der Waals surface area (Å²) in [6, 6.07) is 15.4. The monoisotopic (exact) mass is 409 g/mol. The lowest BCUT2D eigenvalue weighted by atomic mass is 10.0. The number of amides is 1. The van der Waals surface area contributed by atoms with Crippen LogP contribution in [-0.2, 0) is 11.3 Å². The second kappa shape index (κ2) is 10.1. The van der Waals surface area contributed by atoms with Crippen molar-refractivity contribution in [1.29, 1.82) is 0 Å². The molecule has 3 rings (SSSR count). The van der Waals surface area contributed by atoms with Crippen molar-refractivity contribution in [2.45, 2.75) is 46.2 Å². The number of imidazole rings is 1. The van der Waals surface area contributed by atoms with Crippen molar-refractivity contribution >= 4 is 16.9 Å². The Balaban J connectivity index is 1.78. The third-order valence-corrected chi connectivity index (χ3v) is 5.41. The van der Waals surface area contributed by atoms with Crippen LogP contribution in [0.1, 0.15) is 45.5 Å². The van der Waals surface area contributed by atoms with Crippen LogP contribution in [0.3, 0.4) is 0 Å². The Labute approximate surface area is 178 Å². The van der Waals surface area contributed by atoms with Crippen LogP contribution in [-0.4, -0.2) is 29.2 Å². The van der Waals surface area contributed by atoms with Gasteiger partial charge in [0.15, 0.2) is 0 Å². The summed E-state index contributed by atoms with van der Waals surface area (Å²) in [4.78, 5) is 17.4. The minimum absolute atomic E-state index is 0.0293. The molecule has 6 heteroatoms. The molecule has 160 valence electrons. The normalized spacial score (nSPS) is 12.2. The molecule has 0 aliphatic heterocycles. The summed E-state index contributed by atoms with van der Waals surface area (Å²) >= 11 is 0. The van der Waals surface area contributed by atoms with E-state index < -0.39 is 0 Å². The second-order valence-electron chi connectivity index (χ2n) is 7.38. The highest BCUT2D eigenvalue weighted by Crippen LogP contribution is 2.23. The van der Waals surface area contributed by atoms with Crippen LogP contribution in [0, 0.1) is 5.92 Å². The van der Waals surface area contributed by atoms with Crippen LogP contribution in [0.15, 0.2) is 48.5 Å². The predicted molar refractivity (Wildman–Crippen MR) is 119 cm³/mol.